The van der Waals surface area contributed by atoms with Gasteiger partial charge in [-0.25, -0.2) is 0 Å². The van der Waals surface area contributed by atoms with E-state index in [1.807, 2.05) is 18.2 Å². The molecule has 1 aromatic carbocycles. The lowest BCUT2D eigenvalue weighted by Gasteiger charge is -2.31. The van der Waals surface area contributed by atoms with Crippen LogP contribution in [0.1, 0.15) is 12.5 Å². The van der Waals surface area contributed by atoms with Crippen LogP contribution in [-0.2, 0) is 11.3 Å². The van der Waals surface area contributed by atoms with Gasteiger partial charge in [-0.05, 0) is 25.1 Å². The van der Waals surface area contributed by atoms with Gasteiger partial charge in [-0.3, -0.25) is 4.90 Å². The molecule has 0 radical (unpaired) electrons. The molecule has 17 heavy (non-hydrogen) atoms. The summed E-state index contributed by atoms with van der Waals surface area (Å²) >= 11 is 6.02. The predicted octanol–water partition coefficient (Wildman–Crippen LogP) is 2.57. The quantitative estimate of drug-likeness (QED) is 0.829. The van der Waals surface area contributed by atoms with E-state index in [1.165, 1.54) is 0 Å². The summed E-state index contributed by atoms with van der Waals surface area (Å²) in [5.41, 5.74) is 1.13. The standard InChI is InChI=1S/C13H18ClNO2/c1-10-8-15(5-6-17-10)9-11-7-12(14)3-4-13(11)16-2/h3-4,7,10H,5-6,8-9H2,1-2H3. The average Bonchev–Trinajstić information content (AvgIpc) is 2.29. The molecule has 1 fully saturated rings. The molecular formula is C13H18ClNO2. The van der Waals surface area contributed by atoms with Crippen molar-refractivity contribution >= 4 is 11.6 Å². The molecule has 2 rings (SSSR count). The van der Waals surface area contributed by atoms with Gasteiger partial charge in [0, 0.05) is 30.2 Å². The molecule has 0 saturated carbocycles. The molecule has 0 amide bonds. The van der Waals surface area contributed by atoms with E-state index in [-0.39, 0.29) is 0 Å². The van der Waals surface area contributed by atoms with Crippen LogP contribution in [0.25, 0.3) is 0 Å². The number of hydrogen-bond donors (Lipinski definition) is 0. The molecule has 1 aliphatic heterocycles. The van der Waals surface area contributed by atoms with Gasteiger partial charge < -0.3 is 9.47 Å². The molecule has 4 heteroatoms. The second-order valence-corrected chi connectivity index (χ2v) is 4.81. The highest BCUT2D eigenvalue weighted by molar-refractivity contribution is 6.30. The van der Waals surface area contributed by atoms with Gasteiger partial charge in [-0.1, -0.05) is 11.6 Å². The molecule has 0 N–H and O–H groups in total. The van der Waals surface area contributed by atoms with Gasteiger partial charge >= 0.3 is 0 Å². The largest absolute Gasteiger partial charge is 0.496 e. The third-order valence-corrected chi connectivity index (χ3v) is 3.20. The second kappa shape index (κ2) is 5.71. The average molecular weight is 256 g/mol. The highest BCUT2D eigenvalue weighted by Crippen LogP contribution is 2.24. The maximum atomic E-state index is 6.02. The summed E-state index contributed by atoms with van der Waals surface area (Å²) in [6.07, 6.45) is 0.300. The first kappa shape index (κ1) is 12.7. The van der Waals surface area contributed by atoms with Crippen molar-refractivity contribution in [3.05, 3.63) is 28.8 Å². The molecule has 1 heterocycles. The highest BCUT2D eigenvalue weighted by Gasteiger charge is 2.18. The maximum absolute atomic E-state index is 6.02. The van der Waals surface area contributed by atoms with E-state index in [1.54, 1.807) is 7.11 Å². The van der Waals surface area contributed by atoms with E-state index in [9.17, 15) is 0 Å². The highest BCUT2D eigenvalue weighted by atomic mass is 35.5. The molecule has 0 bridgehead atoms. The maximum Gasteiger partial charge on any atom is 0.123 e. The molecule has 0 spiro atoms. The van der Waals surface area contributed by atoms with E-state index >= 15 is 0 Å². The molecule has 1 aromatic rings. The van der Waals surface area contributed by atoms with Gasteiger partial charge in [0.1, 0.15) is 5.75 Å². The summed E-state index contributed by atoms with van der Waals surface area (Å²) in [5.74, 6) is 0.897. The fraction of sp³-hybridized carbons (Fsp3) is 0.538. The van der Waals surface area contributed by atoms with Crippen LogP contribution >= 0.6 is 11.6 Å². The molecule has 1 atom stereocenters. The number of rotatable bonds is 3. The molecule has 0 aromatic heterocycles. The Morgan fingerprint density at radius 1 is 1.53 bits per heavy atom. The SMILES string of the molecule is COc1ccc(Cl)cc1CN1CCOC(C)C1. The Labute approximate surface area is 107 Å². The lowest BCUT2D eigenvalue weighted by atomic mass is 10.1. The van der Waals surface area contributed by atoms with Gasteiger partial charge in [-0.15, -0.1) is 0 Å². The van der Waals surface area contributed by atoms with Gasteiger partial charge in [0.15, 0.2) is 0 Å². The van der Waals surface area contributed by atoms with E-state index < -0.39 is 0 Å². The van der Waals surface area contributed by atoms with Crippen molar-refractivity contribution in [1.82, 2.24) is 4.90 Å². The smallest absolute Gasteiger partial charge is 0.123 e. The van der Waals surface area contributed by atoms with Crippen LogP contribution in [0.15, 0.2) is 18.2 Å². The molecule has 1 unspecified atom stereocenters. The van der Waals surface area contributed by atoms with Crippen LogP contribution in [0, 0.1) is 0 Å². The minimum Gasteiger partial charge on any atom is -0.496 e. The van der Waals surface area contributed by atoms with Crippen molar-refractivity contribution in [2.45, 2.75) is 19.6 Å². The number of morpholine rings is 1. The number of methoxy groups -OCH3 is 1. The van der Waals surface area contributed by atoms with Crippen molar-refractivity contribution in [3.8, 4) is 5.75 Å². The fourth-order valence-electron chi connectivity index (χ4n) is 2.15. The molecule has 0 aliphatic carbocycles. The lowest BCUT2D eigenvalue weighted by Crippen LogP contribution is -2.40. The van der Waals surface area contributed by atoms with Crippen molar-refractivity contribution < 1.29 is 9.47 Å². The Morgan fingerprint density at radius 2 is 2.35 bits per heavy atom. The van der Waals surface area contributed by atoms with Crippen LogP contribution in [-0.4, -0.2) is 37.8 Å². The molecular weight excluding hydrogens is 238 g/mol. The topological polar surface area (TPSA) is 21.7 Å². The van der Waals surface area contributed by atoms with Crippen molar-refractivity contribution in [1.29, 1.82) is 0 Å². The van der Waals surface area contributed by atoms with E-state index in [4.69, 9.17) is 21.1 Å². The summed E-state index contributed by atoms with van der Waals surface area (Å²) in [5, 5.41) is 0.752. The van der Waals surface area contributed by atoms with Gasteiger partial charge in [0.25, 0.3) is 0 Å². The van der Waals surface area contributed by atoms with Crippen molar-refractivity contribution in [2.24, 2.45) is 0 Å². The molecule has 94 valence electrons. The predicted molar refractivity (Wildman–Crippen MR) is 68.7 cm³/mol. The minimum atomic E-state index is 0.300. The Balaban J connectivity index is 2.08. The Morgan fingerprint density at radius 3 is 3.06 bits per heavy atom. The van der Waals surface area contributed by atoms with Gasteiger partial charge in [0.05, 0.1) is 19.8 Å². The number of nitrogens with zero attached hydrogens (tertiary/aromatic N) is 1. The van der Waals surface area contributed by atoms with E-state index in [0.717, 1.165) is 42.6 Å². The second-order valence-electron chi connectivity index (χ2n) is 4.37. The minimum absolute atomic E-state index is 0.300. The van der Waals surface area contributed by atoms with Crippen molar-refractivity contribution in [3.63, 3.8) is 0 Å². The Hall–Kier alpha value is -0.770. The fourth-order valence-corrected chi connectivity index (χ4v) is 2.34. The monoisotopic (exact) mass is 255 g/mol. The summed E-state index contributed by atoms with van der Waals surface area (Å²) in [6.45, 7) is 5.67. The van der Waals surface area contributed by atoms with Gasteiger partial charge in [0.2, 0.25) is 0 Å². The zero-order valence-electron chi connectivity index (χ0n) is 10.3. The Kier molecular flexibility index (Phi) is 4.26. The summed E-state index contributed by atoms with van der Waals surface area (Å²) < 4.78 is 10.9. The van der Waals surface area contributed by atoms with Crippen LogP contribution in [0.5, 0.6) is 5.75 Å². The lowest BCUT2D eigenvalue weighted by molar-refractivity contribution is -0.0213. The number of hydrogen-bond acceptors (Lipinski definition) is 3. The first-order chi connectivity index (χ1) is 8.19. The van der Waals surface area contributed by atoms with Crippen LogP contribution < -0.4 is 4.74 Å². The van der Waals surface area contributed by atoms with Gasteiger partial charge in [-0.2, -0.15) is 0 Å². The summed E-state index contributed by atoms with van der Waals surface area (Å²) in [4.78, 5) is 2.36. The normalized spacial score (nSPS) is 21.5. The van der Waals surface area contributed by atoms with E-state index in [0.29, 0.717) is 6.10 Å². The van der Waals surface area contributed by atoms with Crippen LogP contribution in [0.2, 0.25) is 5.02 Å². The number of ether oxygens (including phenoxy) is 2. The number of halogens is 1. The zero-order valence-corrected chi connectivity index (χ0v) is 11.0. The van der Waals surface area contributed by atoms with Crippen LogP contribution in [0.3, 0.4) is 0 Å². The summed E-state index contributed by atoms with van der Waals surface area (Å²) in [7, 11) is 1.69. The molecule has 1 aliphatic rings. The van der Waals surface area contributed by atoms with Crippen molar-refractivity contribution in [2.75, 3.05) is 26.8 Å². The zero-order chi connectivity index (χ0) is 12.3. The first-order valence-corrected chi connectivity index (χ1v) is 6.23. The van der Waals surface area contributed by atoms with Crippen LogP contribution in [0.4, 0.5) is 0 Å². The Bertz CT molecular complexity index is 384. The first-order valence-electron chi connectivity index (χ1n) is 5.85. The summed E-state index contributed by atoms with van der Waals surface area (Å²) in [6, 6.07) is 5.74. The molecule has 1 saturated heterocycles. The third-order valence-electron chi connectivity index (χ3n) is 2.96. The van der Waals surface area contributed by atoms with E-state index in [2.05, 4.69) is 11.8 Å². The molecule has 3 nitrogen and oxygen atoms in total. The number of benzene rings is 1. The third kappa shape index (κ3) is 3.35.